The number of nitrogens with zero attached hydrogens (tertiary/aromatic N) is 1. The number of hydrogen-bond donors (Lipinski definition) is 1. The second kappa shape index (κ2) is 5.63. The Morgan fingerprint density at radius 1 is 1.62 bits per heavy atom. The van der Waals surface area contributed by atoms with E-state index in [1.54, 1.807) is 18.2 Å². The van der Waals surface area contributed by atoms with Crippen LogP contribution in [0.15, 0.2) is 35.9 Å². The molecule has 0 bridgehead atoms. The van der Waals surface area contributed by atoms with Gasteiger partial charge in [0.2, 0.25) is 0 Å². The van der Waals surface area contributed by atoms with Crippen LogP contribution in [0.2, 0.25) is 0 Å². The van der Waals surface area contributed by atoms with Crippen LogP contribution in [-0.4, -0.2) is 11.5 Å². The fraction of sp³-hybridized carbons (Fsp3) is 0.273. The van der Waals surface area contributed by atoms with Crippen molar-refractivity contribution >= 4 is 17.3 Å². The van der Waals surface area contributed by atoms with Crippen LogP contribution in [0.5, 0.6) is 0 Å². The molecule has 1 aromatic carbocycles. The van der Waals surface area contributed by atoms with E-state index in [0.29, 0.717) is 17.1 Å². The molecule has 16 heavy (non-hydrogen) atoms. The molecule has 1 unspecified atom stereocenters. The van der Waals surface area contributed by atoms with Gasteiger partial charge < -0.3 is 5.32 Å². The van der Waals surface area contributed by atoms with Crippen LogP contribution in [0.25, 0.3) is 0 Å². The lowest BCUT2D eigenvalue weighted by Crippen LogP contribution is -2.20. The molecule has 0 amide bonds. The van der Waals surface area contributed by atoms with Crippen LogP contribution >= 0.6 is 11.6 Å². The van der Waals surface area contributed by atoms with Crippen molar-refractivity contribution in [3.05, 3.63) is 51.6 Å². The maximum Gasteiger partial charge on any atom is 0.274 e. The minimum atomic E-state index is -0.386. The number of nitro groups is 1. The third kappa shape index (κ3) is 3.32. The van der Waals surface area contributed by atoms with Crippen LogP contribution < -0.4 is 5.32 Å². The molecule has 0 fully saturated rings. The fourth-order valence-electron chi connectivity index (χ4n) is 1.39. The van der Waals surface area contributed by atoms with Gasteiger partial charge in [-0.25, -0.2) is 0 Å². The van der Waals surface area contributed by atoms with E-state index in [4.69, 9.17) is 11.6 Å². The summed E-state index contributed by atoms with van der Waals surface area (Å²) in [5, 5.41) is 14.3. The minimum Gasteiger partial charge on any atom is -0.305 e. The maximum absolute atomic E-state index is 10.8. The summed E-state index contributed by atoms with van der Waals surface area (Å²) in [6.45, 7) is 5.82. The molecule has 0 aromatic heterocycles. The summed E-state index contributed by atoms with van der Waals surface area (Å²) in [7, 11) is 0. The molecule has 86 valence electrons. The molecule has 1 rings (SSSR count). The first-order chi connectivity index (χ1) is 7.52. The van der Waals surface area contributed by atoms with Gasteiger partial charge in [-0.2, -0.15) is 0 Å². The molecule has 0 heterocycles. The van der Waals surface area contributed by atoms with Crippen molar-refractivity contribution in [3.63, 3.8) is 0 Å². The standard InChI is InChI=1S/C11H13ClN2O2/c1-8(12)7-13-9(2)10-5-3-4-6-11(10)14(15)16/h3-6,9,13H,1,7H2,2H3. The lowest BCUT2D eigenvalue weighted by atomic mass is 10.1. The number of rotatable bonds is 5. The number of hydrogen-bond acceptors (Lipinski definition) is 3. The smallest absolute Gasteiger partial charge is 0.274 e. The molecule has 0 radical (unpaired) electrons. The first-order valence-corrected chi connectivity index (χ1v) is 5.20. The molecule has 0 saturated carbocycles. The molecule has 0 spiro atoms. The highest BCUT2D eigenvalue weighted by Crippen LogP contribution is 2.24. The zero-order valence-corrected chi connectivity index (χ0v) is 9.70. The third-order valence-corrected chi connectivity index (χ3v) is 2.33. The predicted octanol–water partition coefficient (Wildman–Crippen LogP) is 3.00. The molecular weight excluding hydrogens is 228 g/mol. The van der Waals surface area contributed by atoms with E-state index in [-0.39, 0.29) is 16.7 Å². The van der Waals surface area contributed by atoms with Gasteiger partial charge in [-0.1, -0.05) is 36.4 Å². The van der Waals surface area contributed by atoms with Crippen molar-refractivity contribution < 1.29 is 4.92 Å². The number of benzene rings is 1. The van der Waals surface area contributed by atoms with E-state index in [9.17, 15) is 10.1 Å². The highest BCUT2D eigenvalue weighted by Gasteiger charge is 2.17. The Labute approximate surface area is 99.1 Å². The molecular formula is C11H13ClN2O2. The Bertz CT molecular complexity index is 407. The zero-order valence-electron chi connectivity index (χ0n) is 8.94. The summed E-state index contributed by atoms with van der Waals surface area (Å²) in [4.78, 5) is 10.4. The zero-order chi connectivity index (χ0) is 12.1. The second-order valence-electron chi connectivity index (χ2n) is 3.44. The fourth-order valence-corrected chi connectivity index (χ4v) is 1.47. The van der Waals surface area contributed by atoms with Gasteiger partial charge in [0.25, 0.3) is 5.69 Å². The lowest BCUT2D eigenvalue weighted by Gasteiger charge is -2.13. The van der Waals surface area contributed by atoms with Gasteiger partial charge in [0.15, 0.2) is 0 Å². The van der Waals surface area contributed by atoms with Gasteiger partial charge in [0, 0.05) is 29.2 Å². The first-order valence-electron chi connectivity index (χ1n) is 4.82. The highest BCUT2D eigenvalue weighted by molar-refractivity contribution is 6.29. The van der Waals surface area contributed by atoms with Gasteiger partial charge in [-0.15, -0.1) is 0 Å². The van der Waals surface area contributed by atoms with Gasteiger partial charge in [-0.05, 0) is 6.92 Å². The van der Waals surface area contributed by atoms with Crippen LogP contribution in [0.1, 0.15) is 18.5 Å². The van der Waals surface area contributed by atoms with E-state index in [0.717, 1.165) is 0 Å². The van der Waals surface area contributed by atoms with E-state index in [2.05, 4.69) is 11.9 Å². The molecule has 0 saturated heterocycles. The van der Waals surface area contributed by atoms with Crippen molar-refractivity contribution in [1.29, 1.82) is 0 Å². The normalized spacial score (nSPS) is 12.1. The topological polar surface area (TPSA) is 55.2 Å². The average Bonchev–Trinajstić information content (AvgIpc) is 2.25. The van der Waals surface area contributed by atoms with E-state index in [1.165, 1.54) is 6.07 Å². The lowest BCUT2D eigenvalue weighted by molar-refractivity contribution is -0.385. The monoisotopic (exact) mass is 240 g/mol. The van der Waals surface area contributed by atoms with Crippen molar-refractivity contribution in [3.8, 4) is 0 Å². The second-order valence-corrected chi connectivity index (χ2v) is 3.97. The van der Waals surface area contributed by atoms with Crippen molar-refractivity contribution in [2.45, 2.75) is 13.0 Å². The predicted molar refractivity (Wildman–Crippen MR) is 64.5 cm³/mol. The summed E-state index contributed by atoms with van der Waals surface area (Å²) in [6, 6.07) is 6.50. The van der Waals surface area contributed by atoms with E-state index in [1.807, 2.05) is 6.92 Å². The van der Waals surface area contributed by atoms with Gasteiger partial charge in [-0.3, -0.25) is 10.1 Å². The maximum atomic E-state index is 10.8. The van der Waals surface area contributed by atoms with Crippen LogP contribution in [0, 0.1) is 10.1 Å². The molecule has 1 atom stereocenters. The summed E-state index contributed by atoms with van der Waals surface area (Å²) in [5.41, 5.74) is 0.758. The number of nitro benzene ring substituents is 1. The highest BCUT2D eigenvalue weighted by atomic mass is 35.5. The Hall–Kier alpha value is -1.39. The average molecular weight is 241 g/mol. The minimum absolute atomic E-state index is 0.114. The quantitative estimate of drug-likeness (QED) is 0.636. The van der Waals surface area contributed by atoms with Crippen molar-refractivity contribution in [2.75, 3.05) is 6.54 Å². The summed E-state index contributed by atoms with van der Waals surface area (Å²) >= 11 is 5.62. The Kier molecular flexibility index (Phi) is 4.46. The van der Waals surface area contributed by atoms with Gasteiger partial charge in [0.05, 0.1) is 4.92 Å². The third-order valence-electron chi connectivity index (χ3n) is 2.20. The molecule has 0 aliphatic carbocycles. The molecule has 0 aliphatic heterocycles. The molecule has 1 aromatic rings. The number of halogens is 1. The van der Waals surface area contributed by atoms with Gasteiger partial charge in [0.1, 0.15) is 0 Å². The Morgan fingerprint density at radius 2 is 2.25 bits per heavy atom. The molecule has 1 N–H and O–H groups in total. The molecule has 0 aliphatic rings. The summed E-state index contributed by atoms with van der Waals surface area (Å²) < 4.78 is 0. The van der Waals surface area contributed by atoms with Crippen LogP contribution in [0.4, 0.5) is 5.69 Å². The summed E-state index contributed by atoms with van der Waals surface area (Å²) in [5.74, 6) is 0. The van der Waals surface area contributed by atoms with Gasteiger partial charge >= 0.3 is 0 Å². The Balaban J connectivity index is 2.85. The van der Waals surface area contributed by atoms with E-state index >= 15 is 0 Å². The molecule has 5 heteroatoms. The van der Waals surface area contributed by atoms with Crippen molar-refractivity contribution in [1.82, 2.24) is 5.32 Å². The SMILES string of the molecule is C=C(Cl)CNC(C)c1ccccc1[N+](=O)[O-]. The number of para-hydroxylation sites is 1. The number of nitrogens with one attached hydrogen (secondary N) is 1. The van der Waals surface area contributed by atoms with Crippen molar-refractivity contribution in [2.24, 2.45) is 0 Å². The van der Waals surface area contributed by atoms with E-state index < -0.39 is 0 Å². The summed E-state index contributed by atoms with van der Waals surface area (Å²) in [6.07, 6.45) is 0. The molecule has 4 nitrogen and oxygen atoms in total. The first kappa shape index (κ1) is 12.7. The largest absolute Gasteiger partial charge is 0.305 e. The Morgan fingerprint density at radius 3 is 2.81 bits per heavy atom. The van der Waals surface area contributed by atoms with Crippen LogP contribution in [-0.2, 0) is 0 Å². The van der Waals surface area contributed by atoms with Crippen LogP contribution in [0.3, 0.4) is 0 Å².